The minimum absolute atomic E-state index is 0.884. The summed E-state index contributed by atoms with van der Waals surface area (Å²) in [4.78, 5) is 5.15. The summed E-state index contributed by atoms with van der Waals surface area (Å²) in [6, 6.07) is 38.5. The summed E-state index contributed by atoms with van der Waals surface area (Å²) in [5.41, 5.74) is 8.38. The molecular formula is C35H24N2O. The van der Waals surface area contributed by atoms with Crippen LogP contribution in [0.25, 0.3) is 71.6 Å². The highest BCUT2D eigenvalue weighted by Crippen LogP contribution is 2.42. The number of aryl methyl sites for hydroxylation is 2. The van der Waals surface area contributed by atoms with Crippen LogP contribution in [0.4, 0.5) is 0 Å². The predicted molar refractivity (Wildman–Crippen MR) is 158 cm³/mol. The summed E-state index contributed by atoms with van der Waals surface area (Å²) >= 11 is 0. The lowest BCUT2D eigenvalue weighted by molar-refractivity contribution is 0.669. The molecule has 0 spiro atoms. The quantitative estimate of drug-likeness (QED) is 0.227. The Balaban J connectivity index is 1.51. The number of nitrogens with zero attached hydrogens (tertiary/aromatic N) is 2. The van der Waals surface area contributed by atoms with Crippen LogP contribution < -0.4 is 0 Å². The fourth-order valence-electron chi connectivity index (χ4n) is 5.96. The van der Waals surface area contributed by atoms with Gasteiger partial charge in [0.05, 0.1) is 16.6 Å². The van der Waals surface area contributed by atoms with Gasteiger partial charge in [-0.15, -0.1) is 0 Å². The van der Waals surface area contributed by atoms with Crippen molar-refractivity contribution in [2.75, 3.05) is 0 Å². The molecule has 0 aliphatic carbocycles. The van der Waals surface area contributed by atoms with Crippen LogP contribution in [0.3, 0.4) is 0 Å². The predicted octanol–water partition coefficient (Wildman–Crippen LogP) is 9.52. The molecule has 2 heterocycles. The van der Waals surface area contributed by atoms with Gasteiger partial charge < -0.3 is 4.42 Å². The molecular weight excluding hydrogens is 464 g/mol. The van der Waals surface area contributed by atoms with Gasteiger partial charge in [-0.3, -0.25) is 4.57 Å². The van der Waals surface area contributed by atoms with Crippen LogP contribution in [0.1, 0.15) is 11.1 Å². The summed E-state index contributed by atoms with van der Waals surface area (Å²) in [7, 11) is 0. The van der Waals surface area contributed by atoms with E-state index in [-0.39, 0.29) is 0 Å². The molecule has 8 rings (SSSR count). The number of para-hydroxylation sites is 3. The zero-order valence-corrected chi connectivity index (χ0v) is 21.2. The van der Waals surface area contributed by atoms with E-state index in [4.69, 9.17) is 9.40 Å². The molecule has 0 atom stereocenters. The van der Waals surface area contributed by atoms with Crippen LogP contribution in [-0.2, 0) is 0 Å². The van der Waals surface area contributed by atoms with Gasteiger partial charge in [-0.1, -0.05) is 66.7 Å². The second-order valence-corrected chi connectivity index (χ2v) is 10.1. The number of furan rings is 1. The standard InChI is InChI=1S/C35H24N2O/c1-21-18-29(35-36-30-14-8-9-15-31(30)37(35)25-11-4-3-5-12-25)34-33(22(21)2)28-19-24-17-16-23-10-6-7-13-26(23)27(24)20-32(28)38-34/h3-20H,1-2H3. The van der Waals surface area contributed by atoms with Crippen molar-refractivity contribution in [3.05, 3.63) is 120 Å². The van der Waals surface area contributed by atoms with Crippen LogP contribution in [-0.4, -0.2) is 9.55 Å². The molecule has 0 aliphatic heterocycles. The summed E-state index contributed by atoms with van der Waals surface area (Å²) < 4.78 is 9.01. The van der Waals surface area contributed by atoms with Gasteiger partial charge in [0.25, 0.3) is 0 Å². The molecule has 0 unspecified atom stereocenters. The van der Waals surface area contributed by atoms with Crippen molar-refractivity contribution in [2.45, 2.75) is 13.8 Å². The fourth-order valence-corrected chi connectivity index (χ4v) is 5.96. The third-order valence-corrected chi connectivity index (χ3v) is 7.94. The minimum atomic E-state index is 0.884. The number of benzene rings is 6. The van der Waals surface area contributed by atoms with Gasteiger partial charge >= 0.3 is 0 Å². The van der Waals surface area contributed by atoms with E-state index in [2.05, 4.69) is 115 Å². The number of hydrogen-bond donors (Lipinski definition) is 0. The van der Waals surface area contributed by atoms with Gasteiger partial charge in [-0.25, -0.2) is 4.98 Å². The zero-order chi connectivity index (χ0) is 25.4. The van der Waals surface area contributed by atoms with E-state index in [1.165, 1.54) is 32.7 Å². The van der Waals surface area contributed by atoms with Gasteiger partial charge in [0.15, 0.2) is 0 Å². The van der Waals surface area contributed by atoms with Crippen LogP contribution in [0.5, 0.6) is 0 Å². The number of aromatic nitrogens is 2. The first-order valence-corrected chi connectivity index (χ1v) is 13.0. The largest absolute Gasteiger partial charge is 0.455 e. The van der Waals surface area contributed by atoms with Crippen LogP contribution in [0.2, 0.25) is 0 Å². The first-order chi connectivity index (χ1) is 18.7. The van der Waals surface area contributed by atoms with Crippen molar-refractivity contribution in [2.24, 2.45) is 0 Å². The topological polar surface area (TPSA) is 31.0 Å². The lowest BCUT2D eigenvalue weighted by Gasteiger charge is -2.12. The molecule has 0 fully saturated rings. The van der Waals surface area contributed by atoms with Gasteiger partial charge in [0.2, 0.25) is 0 Å². The Morgan fingerprint density at radius 1 is 0.658 bits per heavy atom. The van der Waals surface area contributed by atoms with Crippen molar-refractivity contribution in [3.63, 3.8) is 0 Å². The molecule has 6 aromatic carbocycles. The number of rotatable bonds is 2. The SMILES string of the molecule is Cc1cc(-c2nc3ccccc3n2-c2ccccc2)c2oc3cc4c(ccc5ccccc54)cc3c2c1C. The fraction of sp³-hybridized carbons (Fsp3) is 0.0571. The normalized spacial score (nSPS) is 11.9. The van der Waals surface area contributed by atoms with Crippen LogP contribution >= 0.6 is 0 Å². The third-order valence-electron chi connectivity index (χ3n) is 7.94. The summed E-state index contributed by atoms with van der Waals surface area (Å²) in [6.45, 7) is 4.38. The average molecular weight is 489 g/mol. The van der Waals surface area contributed by atoms with Gasteiger partial charge in [-0.05, 0) is 89.0 Å². The molecule has 0 amide bonds. The maximum absolute atomic E-state index is 6.76. The molecule has 38 heavy (non-hydrogen) atoms. The molecule has 0 radical (unpaired) electrons. The molecule has 0 bridgehead atoms. The maximum atomic E-state index is 6.76. The molecule has 180 valence electrons. The van der Waals surface area contributed by atoms with Crippen molar-refractivity contribution in [1.29, 1.82) is 0 Å². The van der Waals surface area contributed by atoms with E-state index in [1.807, 2.05) is 12.1 Å². The Kier molecular flexibility index (Phi) is 4.36. The smallest absolute Gasteiger partial charge is 0.149 e. The molecule has 2 aromatic heterocycles. The monoisotopic (exact) mass is 488 g/mol. The second-order valence-electron chi connectivity index (χ2n) is 10.1. The third kappa shape index (κ3) is 2.93. The zero-order valence-electron chi connectivity index (χ0n) is 21.2. The number of fused-ring (bicyclic) bond motifs is 7. The molecule has 0 saturated carbocycles. The maximum Gasteiger partial charge on any atom is 0.149 e. The van der Waals surface area contributed by atoms with Crippen molar-refractivity contribution >= 4 is 54.5 Å². The van der Waals surface area contributed by atoms with E-state index >= 15 is 0 Å². The Bertz CT molecular complexity index is 2200. The average Bonchev–Trinajstić information content (AvgIpc) is 3.53. The van der Waals surface area contributed by atoms with Crippen molar-refractivity contribution < 1.29 is 4.42 Å². The van der Waals surface area contributed by atoms with Crippen molar-refractivity contribution in [3.8, 4) is 17.1 Å². The Morgan fingerprint density at radius 2 is 1.42 bits per heavy atom. The van der Waals surface area contributed by atoms with E-state index in [9.17, 15) is 0 Å². The van der Waals surface area contributed by atoms with E-state index in [0.29, 0.717) is 0 Å². The van der Waals surface area contributed by atoms with Crippen LogP contribution in [0, 0.1) is 13.8 Å². The highest BCUT2D eigenvalue weighted by Gasteiger charge is 2.22. The molecule has 0 aliphatic rings. The van der Waals surface area contributed by atoms with Gasteiger partial charge in [-0.2, -0.15) is 0 Å². The summed E-state index contributed by atoms with van der Waals surface area (Å²) in [6.07, 6.45) is 0. The molecule has 3 heteroatoms. The highest BCUT2D eigenvalue weighted by atomic mass is 16.3. The number of imidazole rings is 1. The lowest BCUT2D eigenvalue weighted by Crippen LogP contribution is -1.98. The van der Waals surface area contributed by atoms with Crippen molar-refractivity contribution in [1.82, 2.24) is 9.55 Å². The van der Waals surface area contributed by atoms with Gasteiger partial charge in [0, 0.05) is 16.5 Å². The Morgan fingerprint density at radius 3 is 2.32 bits per heavy atom. The Hall–Kier alpha value is -4.89. The molecule has 0 N–H and O–H groups in total. The number of hydrogen-bond acceptors (Lipinski definition) is 2. The molecule has 3 nitrogen and oxygen atoms in total. The van der Waals surface area contributed by atoms with E-state index < -0.39 is 0 Å². The van der Waals surface area contributed by atoms with Gasteiger partial charge in [0.1, 0.15) is 17.0 Å². The van der Waals surface area contributed by atoms with Crippen LogP contribution in [0.15, 0.2) is 114 Å². The minimum Gasteiger partial charge on any atom is -0.455 e. The summed E-state index contributed by atoms with van der Waals surface area (Å²) in [5, 5.41) is 7.22. The first kappa shape index (κ1) is 21.2. The lowest BCUT2D eigenvalue weighted by atomic mass is 9.96. The molecule has 0 saturated heterocycles. The van der Waals surface area contributed by atoms with E-state index in [0.717, 1.165) is 50.0 Å². The first-order valence-electron chi connectivity index (χ1n) is 13.0. The summed E-state index contributed by atoms with van der Waals surface area (Å²) in [5.74, 6) is 0.888. The highest BCUT2D eigenvalue weighted by molar-refractivity contribution is 6.18. The molecule has 8 aromatic rings. The Labute approximate surface area is 219 Å². The van der Waals surface area contributed by atoms with E-state index in [1.54, 1.807) is 0 Å². The second kappa shape index (κ2) is 7.80.